The summed E-state index contributed by atoms with van der Waals surface area (Å²) in [7, 11) is 0. The average molecular weight is 418 g/mol. The predicted octanol–water partition coefficient (Wildman–Crippen LogP) is 3.55. The molecule has 0 saturated carbocycles. The van der Waals surface area contributed by atoms with Gasteiger partial charge in [0.25, 0.3) is 5.56 Å². The normalized spacial score (nSPS) is 13.5. The Morgan fingerprint density at radius 1 is 1.29 bits per heavy atom. The van der Waals surface area contributed by atoms with Gasteiger partial charge in [0.2, 0.25) is 5.91 Å². The van der Waals surface area contributed by atoms with Gasteiger partial charge in [-0.1, -0.05) is 18.2 Å². The number of thioether (sulfide) groups is 1. The van der Waals surface area contributed by atoms with Crippen LogP contribution in [0.1, 0.15) is 34.7 Å². The Kier molecular flexibility index (Phi) is 5.77. The SMILES string of the molecule is O=C(CSCc1nc2sc3c(c2c(=O)[nH]1)CCCC3)NCc1ccccc1F. The Balaban J connectivity index is 1.35. The number of fused-ring (bicyclic) bond motifs is 3. The van der Waals surface area contributed by atoms with E-state index in [1.165, 1.54) is 34.7 Å². The molecule has 5 nitrogen and oxygen atoms in total. The van der Waals surface area contributed by atoms with Crippen LogP contribution >= 0.6 is 23.1 Å². The van der Waals surface area contributed by atoms with Crippen LogP contribution in [-0.2, 0) is 29.9 Å². The maximum atomic E-state index is 13.6. The van der Waals surface area contributed by atoms with Crippen LogP contribution in [0.25, 0.3) is 10.2 Å². The first kappa shape index (κ1) is 19.1. The number of nitrogens with one attached hydrogen (secondary N) is 2. The molecule has 28 heavy (non-hydrogen) atoms. The molecule has 1 aliphatic rings. The molecule has 4 rings (SSSR count). The lowest BCUT2D eigenvalue weighted by atomic mass is 9.97. The van der Waals surface area contributed by atoms with Crippen molar-refractivity contribution >= 4 is 39.2 Å². The number of benzene rings is 1. The quantitative estimate of drug-likeness (QED) is 0.643. The minimum atomic E-state index is -0.329. The van der Waals surface area contributed by atoms with E-state index < -0.39 is 0 Å². The average Bonchev–Trinajstić information content (AvgIpc) is 3.06. The molecule has 2 heterocycles. The number of halogens is 1. The van der Waals surface area contributed by atoms with Crippen molar-refractivity contribution < 1.29 is 9.18 Å². The van der Waals surface area contributed by atoms with Crippen LogP contribution in [0.4, 0.5) is 4.39 Å². The molecule has 0 fully saturated rings. The zero-order valence-electron chi connectivity index (χ0n) is 15.2. The summed E-state index contributed by atoms with van der Waals surface area (Å²) in [6.45, 7) is 0.161. The molecule has 1 aliphatic carbocycles. The fraction of sp³-hybridized carbons (Fsp3) is 0.350. The lowest BCUT2D eigenvalue weighted by molar-refractivity contribution is -0.118. The summed E-state index contributed by atoms with van der Waals surface area (Å²) in [5.74, 6) is 0.744. The second-order valence-electron chi connectivity index (χ2n) is 6.76. The van der Waals surface area contributed by atoms with E-state index in [0.717, 1.165) is 29.5 Å². The van der Waals surface area contributed by atoms with Crippen LogP contribution in [0.3, 0.4) is 0 Å². The minimum Gasteiger partial charge on any atom is -0.351 e. The number of thiophene rings is 1. The number of aryl methyl sites for hydroxylation is 2. The van der Waals surface area contributed by atoms with E-state index in [1.54, 1.807) is 29.5 Å². The van der Waals surface area contributed by atoms with Crippen molar-refractivity contribution in [1.29, 1.82) is 0 Å². The summed E-state index contributed by atoms with van der Waals surface area (Å²) in [5.41, 5.74) is 1.55. The van der Waals surface area contributed by atoms with Crippen LogP contribution in [0, 0.1) is 5.82 Å². The zero-order chi connectivity index (χ0) is 19.5. The van der Waals surface area contributed by atoms with E-state index in [1.807, 2.05) is 0 Å². The highest BCUT2D eigenvalue weighted by Crippen LogP contribution is 2.33. The lowest BCUT2D eigenvalue weighted by Crippen LogP contribution is -2.25. The van der Waals surface area contributed by atoms with E-state index >= 15 is 0 Å². The Labute approximate surface area is 169 Å². The van der Waals surface area contributed by atoms with Crippen LogP contribution < -0.4 is 10.9 Å². The molecule has 1 amide bonds. The molecule has 8 heteroatoms. The van der Waals surface area contributed by atoms with Crippen molar-refractivity contribution in [3.05, 3.63) is 62.3 Å². The summed E-state index contributed by atoms with van der Waals surface area (Å²) in [5, 5.41) is 3.46. The summed E-state index contributed by atoms with van der Waals surface area (Å²) in [4.78, 5) is 34.1. The molecule has 0 unspecified atom stereocenters. The summed E-state index contributed by atoms with van der Waals surface area (Å²) in [6, 6.07) is 6.37. The number of amides is 1. The number of hydrogen-bond acceptors (Lipinski definition) is 5. The second kappa shape index (κ2) is 8.45. The van der Waals surface area contributed by atoms with Crippen molar-refractivity contribution in [1.82, 2.24) is 15.3 Å². The first-order valence-electron chi connectivity index (χ1n) is 9.23. The van der Waals surface area contributed by atoms with Crippen LogP contribution in [0.2, 0.25) is 0 Å². The van der Waals surface area contributed by atoms with Crippen LogP contribution in [-0.4, -0.2) is 21.6 Å². The van der Waals surface area contributed by atoms with E-state index in [2.05, 4.69) is 15.3 Å². The predicted molar refractivity (Wildman–Crippen MR) is 111 cm³/mol. The van der Waals surface area contributed by atoms with Gasteiger partial charge in [-0.2, -0.15) is 0 Å². The zero-order valence-corrected chi connectivity index (χ0v) is 16.9. The molecule has 0 aliphatic heterocycles. The molecule has 0 spiro atoms. The summed E-state index contributed by atoms with van der Waals surface area (Å²) in [6.07, 6.45) is 4.28. The van der Waals surface area contributed by atoms with Gasteiger partial charge in [-0.15, -0.1) is 23.1 Å². The molecule has 0 atom stereocenters. The third-order valence-electron chi connectivity index (χ3n) is 4.78. The highest BCUT2D eigenvalue weighted by atomic mass is 32.2. The first-order valence-corrected chi connectivity index (χ1v) is 11.2. The molecule has 3 aromatic rings. The van der Waals surface area contributed by atoms with Gasteiger partial charge in [0, 0.05) is 17.0 Å². The molecule has 2 aromatic heterocycles. The summed E-state index contributed by atoms with van der Waals surface area (Å²) >= 11 is 2.99. The van der Waals surface area contributed by atoms with Gasteiger partial charge in [-0.05, 0) is 37.3 Å². The topological polar surface area (TPSA) is 74.8 Å². The summed E-state index contributed by atoms with van der Waals surface area (Å²) < 4.78 is 13.6. The maximum absolute atomic E-state index is 13.6. The molecule has 0 saturated heterocycles. The highest BCUT2D eigenvalue weighted by Gasteiger charge is 2.19. The monoisotopic (exact) mass is 417 g/mol. The molecule has 1 aromatic carbocycles. The number of aromatic amines is 1. The largest absolute Gasteiger partial charge is 0.351 e. The van der Waals surface area contributed by atoms with E-state index in [4.69, 9.17) is 0 Å². The lowest BCUT2D eigenvalue weighted by Gasteiger charge is -2.09. The fourth-order valence-electron chi connectivity index (χ4n) is 3.40. The van der Waals surface area contributed by atoms with Crippen molar-refractivity contribution in [2.75, 3.05) is 5.75 Å². The number of carbonyl (C=O) groups excluding carboxylic acids is 1. The van der Waals surface area contributed by atoms with Gasteiger partial charge in [0.15, 0.2) is 0 Å². The number of H-pyrrole nitrogens is 1. The maximum Gasteiger partial charge on any atom is 0.259 e. The smallest absolute Gasteiger partial charge is 0.259 e. The van der Waals surface area contributed by atoms with E-state index in [-0.39, 0.29) is 29.6 Å². The first-order chi connectivity index (χ1) is 13.6. The molecular weight excluding hydrogens is 397 g/mol. The number of aromatic nitrogens is 2. The standard InChI is InChI=1S/C20H20FN3O2S2/c21-14-7-3-1-5-12(14)9-22-17(25)11-27-10-16-23-19(26)18-13-6-2-4-8-15(13)28-20(18)24-16/h1,3,5,7H,2,4,6,8-11H2,(H,22,25)(H,23,24,26). The van der Waals surface area contributed by atoms with Crippen LogP contribution in [0.15, 0.2) is 29.1 Å². The van der Waals surface area contributed by atoms with Gasteiger partial charge in [-0.3, -0.25) is 9.59 Å². The van der Waals surface area contributed by atoms with Gasteiger partial charge < -0.3 is 10.3 Å². The Bertz CT molecular complexity index is 1080. The molecule has 2 N–H and O–H groups in total. The molecule has 0 bridgehead atoms. The molecular formula is C20H20FN3O2S2. The van der Waals surface area contributed by atoms with Crippen molar-refractivity contribution in [2.45, 2.75) is 38.0 Å². The number of nitrogens with zero attached hydrogens (tertiary/aromatic N) is 1. The number of hydrogen-bond donors (Lipinski definition) is 2. The Morgan fingerprint density at radius 3 is 2.96 bits per heavy atom. The highest BCUT2D eigenvalue weighted by molar-refractivity contribution is 7.99. The fourth-order valence-corrected chi connectivity index (χ4v) is 5.40. The van der Waals surface area contributed by atoms with Crippen molar-refractivity contribution in [3.63, 3.8) is 0 Å². The second-order valence-corrected chi connectivity index (χ2v) is 8.83. The van der Waals surface area contributed by atoms with Gasteiger partial charge in [0.05, 0.1) is 16.9 Å². The van der Waals surface area contributed by atoms with Crippen molar-refractivity contribution in [3.8, 4) is 0 Å². The molecule has 0 radical (unpaired) electrons. The van der Waals surface area contributed by atoms with E-state index in [0.29, 0.717) is 17.1 Å². The third-order valence-corrected chi connectivity index (χ3v) is 6.91. The van der Waals surface area contributed by atoms with Gasteiger partial charge >= 0.3 is 0 Å². The van der Waals surface area contributed by atoms with Crippen LogP contribution in [0.5, 0.6) is 0 Å². The van der Waals surface area contributed by atoms with Gasteiger partial charge in [0.1, 0.15) is 16.5 Å². The Hall–Kier alpha value is -2.19. The third kappa shape index (κ3) is 4.12. The van der Waals surface area contributed by atoms with Gasteiger partial charge in [-0.25, -0.2) is 9.37 Å². The Morgan fingerprint density at radius 2 is 2.11 bits per heavy atom. The number of rotatable bonds is 6. The van der Waals surface area contributed by atoms with E-state index in [9.17, 15) is 14.0 Å². The van der Waals surface area contributed by atoms with Crippen molar-refractivity contribution in [2.24, 2.45) is 0 Å². The molecule has 146 valence electrons. The number of carbonyl (C=O) groups is 1. The minimum absolute atomic E-state index is 0.0796.